The molecule has 1 atom stereocenters. The Morgan fingerprint density at radius 3 is 2.65 bits per heavy atom. The normalized spacial score (nSPS) is 12.9. The van der Waals surface area contributed by atoms with Crippen molar-refractivity contribution in [1.82, 2.24) is 15.1 Å². The first-order valence-electron chi connectivity index (χ1n) is 5.66. The van der Waals surface area contributed by atoms with E-state index in [0.29, 0.717) is 17.6 Å². The van der Waals surface area contributed by atoms with Crippen molar-refractivity contribution in [2.45, 2.75) is 26.3 Å². The zero-order valence-electron chi connectivity index (χ0n) is 10.00. The fourth-order valence-electron chi connectivity index (χ4n) is 1.61. The third-order valence-electron chi connectivity index (χ3n) is 2.42. The molecule has 0 aliphatic carbocycles. The van der Waals surface area contributed by atoms with Gasteiger partial charge in [0.05, 0.1) is 6.04 Å². The largest absolute Gasteiger partial charge is 0.337 e. The van der Waals surface area contributed by atoms with Crippen molar-refractivity contribution in [3.63, 3.8) is 0 Å². The van der Waals surface area contributed by atoms with E-state index in [1.807, 2.05) is 12.1 Å². The summed E-state index contributed by atoms with van der Waals surface area (Å²) in [5, 5.41) is 3.92. The van der Waals surface area contributed by atoms with Gasteiger partial charge in [-0.15, -0.1) is 0 Å². The Balaban J connectivity index is 2.16. The standard InChI is InChI=1S/C12H16N4O/c1-8(2)7-10(13)12-15-11(16-17-12)9-3-5-14-6-4-9/h3-6,8,10H,7,13H2,1-2H3. The van der Waals surface area contributed by atoms with Gasteiger partial charge in [-0.2, -0.15) is 4.98 Å². The fourth-order valence-corrected chi connectivity index (χ4v) is 1.61. The van der Waals surface area contributed by atoms with Gasteiger partial charge in [0.2, 0.25) is 11.7 Å². The quantitative estimate of drug-likeness (QED) is 0.874. The topological polar surface area (TPSA) is 77.8 Å². The summed E-state index contributed by atoms with van der Waals surface area (Å²) >= 11 is 0. The minimum atomic E-state index is -0.196. The van der Waals surface area contributed by atoms with Gasteiger partial charge in [-0.05, 0) is 24.5 Å². The minimum absolute atomic E-state index is 0.196. The van der Waals surface area contributed by atoms with E-state index in [4.69, 9.17) is 10.3 Å². The van der Waals surface area contributed by atoms with Crippen LogP contribution in [0.3, 0.4) is 0 Å². The van der Waals surface area contributed by atoms with Crippen LogP contribution in [0.15, 0.2) is 29.0 Å². The van der Waals surface area contributed by atoms with E-state index in [2.05, 4.69) is 29.0 Å². The summed E-state index contributed by atoms with van der Waals surface area (Å²) < 4.78 is 5.18. The smallest absolute Gasteiger partial charge is 0.243 e. The van der Waals surface area contributed by atoms with E-state index in [1.165, 1.54) is 0 Å². The van der Waals surface area contributed by atoms with Crippen molar-refractivity contribution in [1.29, 1.82) is 0 Å². The Kier molecular flexibility index (Phi) is 3.49. The highest BCUT2D eigenvalue weighted by Crippen LogP contribution is 2.20. The average Bonchev–Trinajstić information content (AvgIpc) is 2.78. The van der Waals surface area contributed by atoms with Crippen LogP contribution in [0.5, 0.6) is 0 Å². The average molecular weight is 232 g/mol. The van der Waals surface area contributed by atoms with Crippen LogP contribution in [0, 0.1) is 5.92 Å². The molecule has 0 aliphatic heterocycles. The zero-order chi connectivity index (χ0) is 12.3. The number of hydrogen-bond acceptors (Lipinski definition) is 5. The Morgan fingerprint density at radius 1 is 1.29 bits per heavy atom. The number of pyridine rings is 1. The van der Waals surface area contributed by atoms with E-state index in [0.717, 1.165) is 12.0 Å². The lowest BCUT2D eigenvalue weighted by atomic mass is 10.0. The first kappa shape index (κ1) is 11.7. The molecule has 5 heteroatoms. The number of aromatic nitrogens is 3. The van der Waals surface area contributed by atoms with Crippen LogP contribution in [-0.2, 0) is 0 Å². The van der Waals surface area contributed by atoms with E-state index >= 15 is 0 Å². The maximum atomic E-state index is 5.98. The van der Waals surface area contributed by atoms with Crippen LogP contribution in [0.1, 0.15) is 32.2 Å². The van der Waals surface area contributed by atoms with Crippen molar-refractivity contribution in [3.05, 3.63) is 30.4 Å². The van der Waals surface area contributed by atoms with Crippen LogP contribution >= 0.6 is 0 Å². The second kappa shape index (κ2) is 5.05. The molecule has 2 aromatic heterocycles. The third-order valence-corrected chi connectivity index (χ3v) is 2.42. The maximum absolute atomic E-state index is 5.98. The van der Waals surface area contributed by atoms with Crippen molar-refractivity contribution in [2.24, 2.45) is 11.7 Å². The monoisotopic (exact) mass is 232 g/mol. The van der Waals surface area contributed by atoms with Gasteiger partial charge >= 0.3 is 0 Å². The molecule has 2 aromatic rings. The van der Waals surface area contributed by atoms with Gasteiger partial charge in [-0.25, -0.2) is 0 Å². The van der Waals surface area contributed by atoms with Gasteiger partial charge in [0.15, 0.2) is 0 Å². The van der Waals surface area contributed by atoms with Crippen molar-refractivity contribution >= 4 is 0 Å². The summed E-state index contributed by atoms with van der Waals surface area (Å²) in [6.07, 6.45) is 4.22. The first-order valence-corrected chi connectivity index (χ1v) is 5.66. The second-order valence-corrected chi connectivity index (χ2v) is 4.43. The number of rotatable bonds is 4. The highest BCUT2D eigenvalue weighted by molar-refractivity contribution is 5.52. The summed E-state index contributed by atoms with van der Waals surface area (Å²) in [6, 6.07) is 3.48. The van der Waals surface area contributed by atoms with E-state index < -0.39 is 0 Å². The maximum Gasteiger partial charge on any atom is 0.243 e. The lowest BCUT2D eigenvalue weighted by Crippen LogP contribution is -2.13. The molecule has 0 aromatic carbocycles. The molecule has 0 aliphatic rings. The Morgan fingerprint density at radius 2 is 2.00 bits per heavy atom. The molecule has 0 saturated carbocycles. The Labute approximate surface area is 100 Å². The summed E-state index contributed by atoms with van der Waals surface area (Å²) in [4.78, 5) is 8.24. The summed E-state index contributed by atoms with van der Waals surface area (Å²) in [5.74, 6) is 1.55. The number of nitrogens with zero attached hydrogens (tertiary/aromatic N) is 3. The van der Waals surface area contributed by atoms with Crippen molar-refractivity contribution in [3.8, 4) is 11.4 Å². The molecule has 0 spiro atoms. The van der Waals surface area contributed by atoms with Crippen LogP contribution in [0.2, 0.25) is 0 Å². The molecule has 2 heterocycles. The lowest BCUT2D eigenvalue weighted by molar-refractivity contribution is 0.335. The predicted octanol–water partition coefficient (Wildman–Crippen LogP) is 2.18. The van der Waals surface area contributed by atoms with Gasteiger partial charge in [-0.3, -0.25) is 4.98 Å². The molecule has 0 fully saturated rings. The molecule has 90 valence electrons. The lowest BCUT2D eigenvalue weighted by Gasteiger charge is -2.08. The highest BCUT2D eigenvalue weighted by atomic mass is 16.5. The molecule has 0 saturated heterocycles. The summed E-state index contributed by atoms with van der Waals surface area (Å²) in [7, 11) is 0. The zero-order valence-corrected chi connectivity index (χ0v) is 10.00. The van der Waals surface area contributed by atoms with Gasteiger partial charge in [0.25, 0.3) is 0 Å². The molecule has 2 N–H and O–H groups in total. The van der Waals surface area contributed by atoms with E-state index in [9.17, 15) is 0 Å². The fraction of sp³-hybridized carbons (Fsp3) is 0.417. The molecule has 2 rings (SSSR count). The molecular weight excluding hydrogens is 216 g/mol. The molecule has 5 nitrogen and oxygen atoms in total. The number of nitrogens with two attached hydrogens (primary N) is 1. The van der Waals surface area contributed by atoms with Crippen LogP contribution < -0.4 is 5.73 Å². The van der Waals surface area contributed by atoms with Crippen molar-refractivity contribution < 1.29 is 4.52 Å². The Bertz CT molecular complexity index is 466. The van der Waals surface area contributed by atoms with Crippen LogP contribution in [0.25, 0.3) is 11.4 Å². The molecule has 0 bridgehead atoms. The second-order valence-electron chi connectivity index (χ2n) is 4.43. The van der Waals surface area contributed by atoms with Crippen LogP contribution in [0.4, 0.5) is 0 Å². The molecule has 0 radical (unpaired) electrons. The summed E-state index contributed by atoms with van der Waals surface area (Å²) in [5.41, 5.74) is 6.86. The van der Waals surface area contributed by atoms with Gasteiger partial charge < -0.3 is 10.3 Å². The molecular formula is C12H16N4O. The summed E-state index contributed by atoms with van der Waals surface area (Å²) in [6.45, 7) is 4.22. The molecule has 17 heavy (non-hydrogen) atoms. The van der Waals surface area contributed by atoms with Gasteiger partial charge in [0, 0.05) is 18.0 Å². The van der Waals surface area contributed by atoms with E-state index in [1.54, 1.807) is 12.4 Å². The highest BCUT2D eigenvalue weighted by Gasteiger charge is 2.16. The van der Waals surface area contributed by atoms with Gasteiger partial charge in [0.1, 0.15) is 0 Å². The SMILES string of the molecule is CC(C)CC(N)c1nc(-c2ccncc2)no1. The predicted molar refractivity (Wildman–Crippen MR) is 63.9 cm³/mol. The molecule has 0 amide bonds. The van der Waals surface area contributed by atoms with Crippen LogP contribution in [-0.4, -0.2) is 15.1 Å². The van der Waals surface area contributed by atoms with Gasteiger partial charge in [-0.1, -0.05) is 19.0 Å². The van der Waals surface area contributed by atoms with E-state index in [-0.39, 0.29) is 6.04 Å². The first-order chi connectivity index (χ1) is 8.16. The Hall–Kier alpha value is -1.75. The third kappa shape index (κ3) is 2.88. The number of hydrogen-bond donors (Lipinski definition) is 1. The minimum Gasteiger partial charge on any atom is -0.337 e. The molecule has 1 unspecified atom stereocenters. The van der Waals surface area contributed by atoms with Crippen molar-refractivity contribution in [2.75, 3.05) is 0 Å².